The lowest BCUT2D eigenvalue weighted by Crippen LogP contribution is -2.06. The highest BCUT2D eigenvalue weighted by atomic mass is 16.5. The van der Waals surface area contributed by atoms with Crippen molar-refractivity contribution in [2.24, 2.45) is 0 Å². The van der Waals surface area contributed by atoms with Gasteiger partial charge in [-0.05, 0) is 11.6 Å². The molecule has 0 saturated carbocycles. The molecule has 4 rings (SSSR count). The Hall–Kier alpha value is -2.75. The molecule has 0 spiro atoms. The molecular formula is C18H15NO3. The van der Waals surface area contributed by atoms with E-state index in [4.69, 9.17) is 9.47 Å². The van der Waals surface area contributed by atoms with Crippen LogP contribution < -0.4 is 9.47 Å². The van der Waals surface area contributed by atoms with Crippen LogP contribution in [-0.4, -0.2) is 25.1 Å². The highest BCUT2D eigenvalue weighted by Crippen LogP contribution is 2.45. The molecule has 0 amide bonds. The molecule has 22 heavy (non-hydrogen) atoms. The first-order valence-corrected chi connectivity index (χ1v) is 7.10. The molecular weight excluding hydrogens is 278 g/mol. The monoisotopic (exact) mass is 293 g/mol. The van der Waals surface area contributed by atoms with E-state index in [0.717, 1.165) is 39.8 Å². The maximum atomic E-state index is 11.7. The zero-order valence-corrected chi connectivity index (χ0v) is 12.4. The Labute approximate surface area is 127 Å². The number of hydrogen-bond acceptors (Lipinski definition) is 3. The van der Waals surface area contributed by atoms with E-state index in [2.05, 4.69) is 10.6 Å². The fourth-order valence-corrected chi connectivity index (χ4v) is 3.32. The van der Waals surface area contributed by atoms with E-state index in [1.54, 1.807) is 14.2 Å². The van der Waals surface area contributed by atoms with Gasteiger partial charge in [0.05, 0.1) is 25.4 Å². The maximum Gasteiger partial charge on any atom is 0.147 e. The van der Waals surface area contributed by atoms with Crippen molar-refractivity contribution >= 4 is 17.2 Å². The summed E-state index contributed by atoms with van der Waals surface area (Å²) >= 11 is 0. The quantitative estimate of drug-likeness (QED) is 0.695. The molecule has 0 fully saturated rings. The topological polar surface area (TPSA) is 40.5 Å². The summed E-state index contributed by atoms with van der Waals surface area (Å²) in [6.07, 6.45) is 0.987. The Kier molecular flexibility index (Phi) is 2.73. The average Bonchev–Trinajstić information content (AvgIpc) is 3.08. The van der Waals surface area contributed by atoms with E-state index >= 15 is 0 Å². The Morgan fingerprint density at radius 1 is 1.09 bits per heavy atom. The number of carbonyl (C=O) groups is 1. The van der Waals surface area contributed by atoms with E-state index < -0.39 is 0 Å². The second-order valence-corrected chi connectivity index (χ2v) is 5.33. The molecule has 1 aliphatic rings. The molecule has 1 aromatic heterocycles. The van der Waals surface area contributed by atoms with Crippen molar-refractivity contribution in [3.8, 4) is 22.8 Å². The maximum absolute atomic E-state index is 11.7. The molecule has 0 bridgehead atoms. The normalized spacial score (nSPS) is 15.5. The number of hydrogen-bond donors (Lipinski definition) is 0. The number of aromatic nitrogens is 1. The molecule has 1 atom stereocenters. The third kappa shape index (κ3) is 1.55. The number of carbonyl (C=O) groups excluding carboxylic acids is 1. The minimum Gasteiger partial charge on any atom is -0.497 e. The fourth-order valence-electron chi connectivity index (χ4n) is 3.32. The van der Waals surface area contributed by atoms with Crippen LogP contribution in [-0.2, 0) is 4.79 Å². The molecule has 2 aromatic carbocycles. The van der Waals surface area contributed by atoms with Crippen molar-refractivity contribution < 1.29 is 14.3 Å². The van der Waals surface area contributed by atoms with Crippen LogP contribution >= 0.6 is 0 Å². The summed E-state index contributed by atoms with van der Waals surface area (Å²) in [6.45, 7) is 0. The Morgan fingerprint density at radius 3 is 2.64 bits per heavy atom. The van der Waals surface area contributed by atoms with Crippen LogP contribution in [0.4, 0.5) is 0 Å². The smallest absolute Gasteiger partial charge is 0.147 e. The molecule has 1 aliphatic heterocycles. The standard InChI is InChI=1S/C18H15NO3/c1-21-11-7-15-14(18(8-11)22-2)9-16-12-5-3-4-6-13(12)17(10-20)19(15)16/h3-10,17H,1-2H3. The van der Waals surface area contributed by atoms with Gasteiger partial charge < -0.3 is 18.8 Å². The van der Waals surface area contributed by atoms with Gasteiger partial charge in [-0.15, -0.1) is 0 Å². The Bertz CT molecular complexity index is 895. The van der Waals surface area contributed by atoms with Gasteiger partial charge in [-0.3, -0.25) is 0 Å². The van der Waals surface area contributed by atoms with Crippen molar-refractivity contribution in [2.75, 3.05) is 14.2 Å². The molecule has 3 aromatic rings. The minimum absolute atomic E-state index is 0.305. The van der Waals surface area contributed by atoms with Crippen molar-refractivity contribution in [3.05, 3.63) is 48.0 Å². The van der Waals surface area contributed by atoms with Gasteiger partial charge in [0.25, 0.3) is 0 Å². The summed E-state index contributed by atoms with van der Waals surface area (Å²) in [5.74, 6) is 1.46. The summed E-state index contributed by atoms with van der Waals surface area (Å²) in [4.78, 5) is 11.7. The Morgan fingerprint density at radius 2 is 1.91 bits per heavy atom. The van der Waals surface area contributed by atoms with E-state index in [0.29, 0.717) is 5.75 Å². The lowest BCUT2D eigenvalue weighted by molar-refractivity contribution is -0.109. The van der Waals surface area contributed by atoms with Gasteiger partial charge in [0, 0.05) is 23.1 Å². The van der Waals surface area contributed by atoms with E-state index in [1.807, 2.05) is 36.4 Å². The number of fused-ring (bicyclic) bond motifs is 5. The van der Waals surface area contributed by atoms with Crippen molar-refractivity contribution in [1.29, 1.82) is 0 Å². The second-order valence-electron chi connectivity index (χ2n) is 5.33. The summed E-state index contributed by atoms with van der Waals surface area (Å²) < 4.78 is 12.9. The number of rotatable bonds is 3. The van der Waals surface area contributed by atoms with E-state index in [-0.39, 0.29) is 6.04 Å². The first-order chi connectivity index (χ1) is 10.8. The molecule has 2 heterocycles. The molecule has 0 aliphatic carbocycles. The first kappa shape index (κ1) is 13.0. The largest absolute Gasteiger partial charge is 0.497 e. The van der Waals surface area contributed by atoms with Gasteiger partial charge in [-0.2, -0.15) is 0 Å². The van der Waals surface area contributed by atoms with Gasteiger partial charge in [0.2, 0.25) is 0 Å². The number of ether oxygens (including phenoxy) is 2. The van der Waals surface area contributed by atoms with Gasteiger partial charge >= 0.3 is 0 Å². The Balaban J connectivity index is 2.11. The summed E-state index contributed by atoms with van der Waals surface area (Å²) in [5, 5.41) is 0.986. The third-order valence-corrected chi connectivity index (χ3v) is 4.31. The van der Waals surface area contributed by atoms with Crippen LogP contribution in [0.3, 0.4) is 0 Å². The average molecular weight is 293 g/mol. The highest BCUT2D eigenvalue weighted by Gasteiger charge is 2.30. The minimum atomic E-state index is -0.305. The molecule has 1 unspecified atom stereocenters. The zero-order valence-electron chi connectivity index (χ0n) is 12.4. The molecule has 4 heteroatoms. The molecule has 0 saturated heterocycles. The van der Waals surface area contributed by atoms with Gasteiger partial charge in [-0.25, -0.2) is 0 Å². The lowest BCUT2D eigenvalue weighted by Gasteiger charge is -2.12. The van der Waals surface area contributed by atoms with E-state index in [1.165, 1.54) is 0 Å². The van der Waals surface area contributed by atoms with Gasteiger partial charge in [0.1, 0.15) is 23.8 Å². The van der Waals surface area contributed by atoms with Crippen LogP contribution in [0.15, 0.2) is 42.5 Å². The fraction of sp³-hybridized carbons (Fsp3) is 0.167. The number of benzene rings is 2. The molecule has 0 N–H and O–H groups in total. The van der Waals surface area contributed by atoms with Gasteiger partial charge in [-0.1, -0.05) is 24.3 Å². The summed E-state index contributed by atoms with van der Waals surface area (Å²) in [6, 6.07) is 13.6. The second kappa shape index (κ2) is 4.63. The number of aldehydes is 1. The SMILES string of the molecule is COc1cc(OC)c2cc3n(c2c1)C(C=O)c1ccccc1-3. The van der Waals surface area contributed by atoms with Crippen LogP contribution in [0.25, 0.3) is 22.2 Å². The number of methoxy groups -OCH3 is 2. The van der Waals surface area contributed by atoms with Crippen LogP contribution in [0.2, 0.25) is 0 Å². The number of nitrogens with zero attached hydrogens (tertiary/aromatic N) is 1. The van der Waals surface area contributed by atoms with Crippen LogP contribution in [0.5, 0.6) is 11.5 Å². The van der Waals surface area contributed by atoms with Crippen LogP contribution in [0, 0.1) is 0 Å². The summed E-state index contributed by atoms with van der Waals surface area (Å²) in [5.41, 5.74) is 4.11. The van der Waals surface area contributed by atoms with Crippen molar-refractivity contribution in [3.63, 3.8) is 0 Å². The first-order valence-electron chi connectivity index (χ1n) is 7.10. The van der Waals surface area contributed by atoms with E-state index in [9.17, 15) is 4.79 Å². The molecule has 110 valence electrons. The van der Waals surface area contributed by atoms with Crippen molar-refractivity contribution in [1.82, 2.24) is 4.57 Å². The summed E-state index contributed by atoms with van der Waals surface area (Å²) in [7, 11) is 3.27. The highest BCUT2D eigenvalue weighted by molar-refractivity contribution is 5.97. The zero-order chi connectivity index (χ0) is 15.3. The molecule has 4 nitrogen and oxygen atoms in total. The van der Waals surface area contributed by atoms with Crippen LogP contribution in [0.1, 0.15) is 11.6 Å². The van der Waals surface area contributed by atoms with Gasteiger partial charge in [0.15, 0.2) is 0 Å². The predicted molar refractivity (Wildman–Crippen MR) is 84.7 cm³/mol. The lowest BCUT2D eigenvalue weighted by atomic mass is 10.0. The molecule has 0 radical (unpaired) electrons. The third-order valence-electron chi connectivity index (χ3n) is 4.31. The van der Waals surface area contributed by atoms with Crippen molar-refractivity contribution in [2.45, 2.75) is 6.04 Å². The predicted octanol–water partition coefficient (Wildman–Crippen LogP) is 3.43.